The minimum Gasteiger partial charge on any atom is -0.416 e. The highest BCUT2D eigenvalue weighted by molar-refractivity contribution is 14.1. The Balaban J connectivity index is 2.63. The van der Waals surface area contributed by atoms with E-state index >= 15 is 0 Å². The van der Waals surface area contributed by atoms with Crippen LogP contribution in [0.3, 0.4) is 0 Å². The molecule has 13 heavy (non-hydrogen) atoms. The van der Waals surface area contributed by atoms with Crippen molar-refractivity contribution < 1.29 is 4.42 Å². The van der Waals surface area contributed by atoms with Gasteiger partial charge in [0, 0.05) is 28.5 Å². The molecule has 3 nitrogen and oxygen atoms in total. The molecule has 1 aromatic heterocycles. The highest BCUT2D eigenvalue weighted by atomic mass is 127. The lowest BCUT2D eigenvalue weighted by Crippen LogP contribution is -1.98. The molecule has 1 rings (SSSR count). The van der Waals surface area contributed by atoms with Crippen molar-refractivity contribution >= 4 is 22.6 Å². The van der Waals surface area contributed by atoms with Gasteiger partial charge in [-0.05, 0) is 12.8 Å². The molecule has 0 unspecified atom stereocenters. The van der Waals surface area contributed by atoms with Crippen molar-refractivity contribution in [3.05, 3.63) is 9.79 Å². The number of halogens is 1. The van der Waals surface area contributed by atoms with Crippen molar-refractivity contribution in [2.24, 2.45) is 0 Å². The Morgan fingerprint density at radius 1 is 1.23 bits per heavy atom. The molecule has 0 aliphatic heterocycles. The molecule has 4 heteroatoms. The van der Waals surface area contributed by atoms with Crippen LogP contribution in [0.25, 0.3) is 0 Å². The third-order valence-electron chi connectivity index (χ3n) is 2.04. The quantitative estimate of drug-likeness (QED) is 0.782. The van der Waals surface area contributed by atoms with Gasteiger partial charge in [0.2, 0.25) is 5.89 Å². The molecule has 0 aliphatic rings. The maximum absolute atomic E-state index is 5.42. The minimum absolute atomic E-state index is 0.464. The van der Waals surface area contributed by atoms with Crippen molar-refractivity contribution in [1.29, 1.82) is 0 Å². The zero-order chi connectivity index (χ0) is 9.68. The van der Waals surface area contributed by atoms with Gasteiger partial charge in [0.15, 0.2) is 0 Å². The summed E-state index contributed by atoms with van der Waals surface area (Å²) in [5, 5.41) is 7.90. The van der Waals surface area contributed by atoms with Gasteiger partial charge < -0.3 is 4.42 Å². The predicted molar refractivity (Wildman–Crippen MR) is 59.6 cm³/mol. The Kier molecular flexibility index (Phi) is 4.69. The van der Waals surface area contributed by atoms with E-state index in [2.05, 4.69) is 46.6 Å². The molecule has 0 aromatic carbocycles. The molecular weight excluding hydrogens is 279 g/mol. The first kappa shape index (κ1) is 10.9. The predicted octanol–water partition coefficient (Wildman–Crippen LogP) is 3.36. The van der Waals surface area contributed by atoms with E-state index in [-0.39, 0.29) is 0 Å². The van der Waals surface area contributed by atoms with Gasteiger partial charge in [0.1, 0.15) is 0 Å². The Bertz CT molecular complexity index is 244. The normalized spacial score (nSPS) is 11.1. The number of hydrogen-bond acceptors (Lipinski definition) is 3. The maximum Gasteiger partial charge on any atom is 0.278 e. The van der Waals surface area contributed by atoms with Gasteiger partial charge in [-0.3, -0.25) is 0 Å². The molecule has 0 atom stereocenters. The van der Waals surface area contributed by atoms with Crippen LogP contribution in [0.4, 0.5) is 0 Å². The van der Waals surface area contributed by atoms with Crippen LogP contribution in [0.5, 0.6) is 0 Å². The van der Waals surface area contributed by atoms with Gasteiger partial charge >= 0.3 is 0 Å². The topological polar surface area (TPSA) is 38.9 Å². The summed E-state index contributed by atoms with van der Waals surface area (Å²) >= 11 is 2.05. The summed E-state index contributed by atoms with van der Waals surface area (Å²) in [4.78, 5) is 0. The second-order valence-corrected chi connectivity index (χ2v) is 4.09. The average Bonchev–Trinajstić information content (AvgIpc) is 2.51. The largest absolute Gasteiger partial charge is 0.416 e. The van der Waals surface area contributed by atoms with E-state index in [1.807, 2.05) is 0 Å². The SMILES string of the molecule is CCCC(CCC)c1nnc(I)o1. The molecule has 1 aromatic rings. The third kappa shape index (κ3) is 3.25. The minimum atomic E-state index is 0.464. The first-order valence-electron chi connectivity index (χ1n) is 4.76. The summed E-state index contributed by atoms with van der Waals surface area (Å²) in [6.45, 7) is 4.37. The molecule has 0 fully saturated rings. The lowest BCUT2D eigenvalue weighted by molar-refractivity contribution is 0.398. The standard InChI is InChI=1S/C9H15IN2O/c1-3-5-7(6-4-2)8-11-12-9(10)13-8/h7H,3-6H2,1-2H3. The Hall–Kier alpha value is -0.130. The van der Waals surface area contributed by atoms with Gasteiger partial charge in [-0.25, -0.2) is 0 Å². The van der Waals surface area contributed by atoms with E-state index in [1.165, 1.54) is 12.8 Å². The van der Waals surface area contributed by atoms with E-state index in [0.29, 0.717) is 9.82 Å². The molecule has 0 N–H and O–H groups in total. The van der Waals surface area contributed by atoms with E-state index in [1.54, 1.807) is 0 Å². The number of nitrogens with zero attached hydrogens (tertiary/aromatic N) is 2. The van der Waals surface area contributed by atoms with Gasteiger partial charge in [0.05, 0.1) is 0 Å². The van der Waals surface area contributed by atoms with Crippen molar-refractivity contribution in [2.45, 2.75) is 45.4 Å². The first-order valence-corrected chi connectivity index (χ1v) is 5.84. The van der Waals surface area contributed by atoms with Crippen molar-refractivity contribution in [3.8, 4) is 0 Å². The first-order chi connectivity index (χ1) is 6.27. The summed E-state index contributed by atoms with van der Waals surface area (Å²) < 4.78 is 6.06. The number of rotatable bonds is 5. The monoisotopic (exact) mass is 294 g/mol. The maximum atomic E-state index is 5.42. The summed E-state index contributed by atoms with van der Waals surface area (Å²) in [7, 11) is 0. The number of aromatic nitrogens is 2. The van der Waals surface area contributed by atoms with Gasteiger partial charge in [-0.15, -0.1) is 10.2 Å². The molecule has 1 heterocycles. The van der Waals surface area contributed by atoms with E-state index < -0.39 is 0 Å². The van der Waals surface area contributed by atoms with Crippen LogP contribution in [0, 0.1) is 3.90 Å². The highest BCUT2D eigenvalue weighted by Gasteiger charge is 2.15. The summed E-state index contributed by atoms with van der Waals surface area (Å²) in [5.74, 6) is 1.28. The van der Waals surface area contributed by atoms with Crippen LogP contribution in [0.15, 0.2) is 4.42 Å². The summed E-state index contributed by atoms with van der Waals surface area (Å²) in [6, 6.07) is 0. The molecule has 0 spiro atoms. The molecule has 0 saturated carbocycles. The Morgan fingerprint density at radius 2 is 1.85 bits per heavy atom. The molecule has 0 bridgehead atoms. The van der Waals surface area contributed by atoms with Crippen LogP contribution in [-0.4, -0.2) is 10.2 Å². The van der Waals surface area contributed by atoms with Crippen LogP contribution >= 0.6 is 22.6 Å². The lowest BCUT2D eigenvalue weighted by Gasteiger charge is -2.09. The smallest absolute Gasteiger partial charge is 0.278 e. The summed E-state index contributed by atoms with van der Waals surface area (Å²) in [5.41, 5.74) is 0. The highest BCUT2D eigenvalue weighted by Crippen LogP contribution is 2.25. The third-order valence-corrected chi connectivity index (χ3v) is 2.48. The molecule has 74 valence electrons. The van der Waals surface area contributed by atoms with Crippen LogP contribution in [-0.2, 0) is 0 Å². The van der Waals surface area contributed by atoms with E-state index in [9.17, 15) is 0 Å². The lowest BCUT2D eigenvalue weighted by atomic mass is 9.98. The molecule has 0 radical (unpaired) electrons. The van der Waals surface area contributed by atoms with Crippen molar-refractivity contribution in [2.75, 3.05) is 0 Å². The van der Waals surface area contributed by atoms with Gasteiger partial charge in [-0.2, -0.15) is 0 Å². The molecule has 0 amide bonds. The van der Waals surface area contributed by atoms with Crippen LogP contribution in [0.1, 0.15) is 51.3 Å². The Morgan fingerprint density at radius 3 is 2.23 bits per heavy atom. The van der Waals surface area contributed by atoms with Crippen molar-refractivity contribution in [1.82, 2.24) is 10.2 Å². The second kappa shape index (κ2) is 5.57. The average molecular weight is 294 g/mol. The second-order valence-electron chi connectivity index (χ2n) is 3.17. The zero-order valence-corrected chi connectivity index (χ0v) is 10.2. The van der Waals surface area contributed by atoms with Gasteiger partial charge in [0.25, 0.3) is 3.90 Å². The van der Waals surface area contributed by atoms with E-state index in [0.717, 1.165) is 18.7 Å². The molecular formula is C9H15IN2O. The van der Waals surface area contributed by atoms with Crippen molar-refractivity contribution in [3.63, 3.8) is 0 Å². The summed E-state index contributed by atoms with van der Waals surface area (Å²) in [6.07, 6.45) is 4.63. The fourth-order valence-electron chi connectivity index (χ4n) is 1.47. The Labute approximate surface area is 92.4 Å². The zero-order valence-electron chi connectivity index (χ0n) is 8.09. The molecule has 0 aliphatic carbocycles. The van der Waals surface area contributed by atoms with Crippen LogP contribution < -0.4 is 0 Å². The molecule has 0 saturated heterocycles. The van der Waals surface area contributed by atoms with Crippen LogP contribution in [0.2, 0.25) is 0 Å². The number of hydrogen-bond donors (Lipinski definition) is 0. The van der Waals surface area contributed by atoms with Gasteiger partial charge in [-0.1, -0.05) is 26.7 Å². The fraction of sp³-hybridized carbons (Fsp3) is 0.778. The fourth-order valence-corrected chi connectivity index (χ4v) is 1.80. The van der Waals surface area contributed by atoms with E-state index in [4.69, 9.17) is 4.42 Å².